The van der Waals surface area contributed by atoms with E-state index in [9.17, 15) is 4.79 Å². The summed E-state index contributed by atoms with van der Waals surface area (Å²) in [5.41, 5.74) is 0.0695. The van der Waals surface area contributed by atoms with Crippen molar-refractivity contribution in [2.24, 2.45) is 0 Å². The number of hydrogen-bond acceptors (Lipinski definition) is 2. The van der Waals surface area contributed by atoms with Gasteiger partial charge < -0.3 is 4.74 Å². The molecule has 0 unspecified atom stereocenters. The van der Waals surface area contributed by atoms with Gasteiger partial charge in [-0.15, -0.1) is 0 Å². The van der Waals surface area contributed by atoms with Crippen molar-refractivity contribution in [3.63, 3.8) is 0 Å². The number of hydrogen-bond donors (Lipinski definition) is 0. The van der Waals surface area contributed by atoms with Crippen molar-refractivity contribution in [3.05, 3.63) is 12.2 Å². The number of methoxy groups -OCH3 is 1. The second-order valence-corrected chi connectivity index (χ2v) is 4.54. The van der Waals surface area contributed by atoms with E-state index >= 15 is 0 Å². The molecule has 1 saturated carbocycles. The summed E-state index contributed by atoms with van der Waals surface area (Å²) in [6.45, 7) is 0.715. The van der Waals surface area contributed by atoms with Crippen LogP contribution in [0.3, 0.4) is 0 Å². The summed E-state index contributed by atoms with van der Waals surface area (Å²) in [4.78, 5) is 13.6. The highest BCUT2D eigenvalue weighted by Crippen LogP contribution is 2.38. The van der Waals surface area contributed by atoms with E-state index in [0.29, 0.717) is 6.54 Å². The first kappa shape index (κ1) is 10.5. The van der Waals surface area contributed by atoms with Crippen LogP contribution in [0.4, 0.5) is 4.79 Å². The number of nitrogens with zero attached hydrogens (tertiary/aromatic N) is 1. The van der Waals surface area contributed by atoms with Crippen LogP contribution in [0.1, 0.15) is 38.5 Å². The maximum atomic E-state index is 11.7. The molecule has 1 amide bonds. The van der Waals surface area contributed by atoms with E-state index in [1.807, 2.05) is 4.90 Å². The molecule has 0 aromatic heterocycles. The fourth-order valence-corrected chi connectivity index (χ4v) is 2.85. The molecule has 2 aliphatic rings. The van der Waals surface area contributed by atoms with E-state index in [0.717, 1.165) is 19.3 Å². The molecule has 1 heterocycles. The summed E-state index contributed by atoms with van der Waals surface area (Å²) in [6.07, 6.45) is 11.2. The van der Waals surface area contributed by atoms with E-state index in [-0.39, 0.29) is 11.6 Å². The number of rotatable bonds is 0. The van der Waals surface area contributed by atoms with Gasteiger partial charge in [0.15, 0.2) is 0 Å². The summed E-state index contributed by atoms with van der Waals surface area (Å²) < 4.78 is 4.87. The summed E-state index contributed by atoms with van der Waals surface area (Å²) in [6, 6.07) is 0. The van der Waals surface area contributed by atoms with Crippen LogP contribution >= 0.6 is 0 Å². The lowest BCUT2D eigenvalue weighted by molar-refractivity contribution is 0.0435. The minimum atomic E-state index is -0.166. The Bertz CT molecular complexity index is 267. The Labute approximate surface area is 91.1 Å². The van der Waals surface area contributed by atoms with Crippen LogP contribution in [-0.4, -0.2) is 30.2 Å². The monoisotopic (exact) mass is 209 g/mol. The van der Waals surface area contributed by atoms with E-state index in [1.54, 1.807) is 0 Å². The first-order chi connectivity index (χ1) is 7.28. The minimum Gasteiger partial charge on any atom is -0.453 e. The molecular weight excluding hydrogens is 190 g/mol. The highest BCUT2D eigenvalue weighted by Gasteiger charge is 2.41. The van der Waals surface area contributed by atoms with Crippen molar-refractivity contribution in [2.45, 2.75) is 44.1 Å². The molecule has 0 aromatic carbocycles. The van der Waals surface area contributed by atoms with Gasteiger partial charge in [0, 0.05) is 6.54 Å². The first-order valence-corrected chi connectivity index (χ1v) is 5.79. The molecule has 3 nitrogen and oxygen atoms in total. The van der Waals surface area contributed by atoms with Gasteiger partial charge in [-0.05, 0) is 19.3 Å². The molecule has 84 valence electrons. The highest BCUT2D eigenvalue weighted by atomic mass is 16.5. The first-order valence-electron chi connectivity index (χ1n) is 5.79. The number of carbonyl (C=O) groups excluding carboxylic acids is 1. The zero-order valence-electron chi connectivity index (χ0n) is 9.37. The van der Waals surface area contributed by atoms with Crippen LogP contribution in [0.15, 0.2) is 12.2 Å². The molecule has 0 saturated heterocycles. The largest absolute Gasteiger partial charge is 0.453 e. The van der Waals surface area contributed by atoms with Gasteiger partial charge in [-0.2, -0.15) is 0 Å². The van der Waals surface area contributed by atoms with E-state index in [2.05, 4.69) is 12.2 Å². The van der Waals surface area contributed by atoms with Crippen molar-refractivity contribution >= 4 is 6.09 Å². The Kier molecular flexibility index (Phi) is 2.98. The van der Waals surface area contributed by atoms with Gasteiger partial charge in [0.25, 0.3) is 0 Å². The molecule has 1 aliphatic heterocycles. The van der Waals surface area contributed by atoms with Crippen LogP contribution in [0.25, 0.3) is 0 Å². The minimum absolute atomic E-state index is 0.0695. The van der Waals surface area contributed by atoms with E-state index < -0.39 is 0 Å². The number of ether oxygens (including phenoxy) is 1. The number of amides is 1. The maximum Gasteiger partial charge on any atom is 0.410 e. The Morgan fingerprint density at radius 1 is 1.27 bits per heavy atom. The summed E-state index contributed by atoms with van der Waals surface area (Å²) >= 11 is 0. The van der Waals surface area contributed by atoms with Crippen molar-refractivity contribution in [2.75, 3.05) is 13.7 Å². The number of carbonyl (C=O) groups is 1. The van der Waals surface area contributed by atoms with Gasteiger partial charge in [0.2, 0.25) is 0 Å². The quantitative estimate of drug-likeness (QED) is 0.574. The fraction of sp³-hybridized carbons (Fsp3) is 0.750. The zero-order valence-corrected chi connectivity index (χ0v) is 9.37. The predicted octanol–water partition coefficient (Wildman–Crippen LogP) is 2.72. The van der Waals surface area contributed by atoms with Crippen LogP contribution in [0.2, 0.25) is 0 Å². The lowest BCUT2D eigenvalue weighted by Gasteiger charge is -2.46. The second kappa shape index (κ2) is 4.25. The lowest BCUT2D eigenvalue weighted by atomic mass is 9.76. The molecule has 3 heteroatoms. The van der Waals surface area contributed by atoms with E-state index in [1.165, 1.54) is 26.4 Å². The van der Waals surface area contributed by atoms with Crippen LogP contribution in [-0.2, 0) is 4.74 Å². The van der Waals surface area contributed by atoms with Gasteiger partial charge in [0.1, 0.15) is 0 Å². The molecule has 0 aromatic rings. The average Bonchev–Trinajstić information content (AvgIpc) is 2.30. The Hall–Kier alpha value is -0.990. The molecule has 0 radical (unpaired) electrons. The summed E-state index contributed by atoms with van der Waals surface area (Å²) in [5.74, 6) is 0. The van der Waals surface area contributed by atoms with Gasteiger partial charge in [-0.3, -0.25) is 4.90 Å². The zero-order chi connectivity index (χ0) is 10.7. The topological polar surface area (TPSA) is 29.5 Å². The van der Waals surface area contributed by atoms with Gasteiger partial charge in [0.05, 0.1) is 12.6 Å². The molecule has 15 heavy (non-hydrogen) atoms. The Balaban J connectivity index is 2.18. The third-order valence-corrected chi connectivity index (χ3v) is 3.70. The molecule has 2 rings (SSSR count). The molecule has 1 spiro atoms. The molecule has 1 aliphatic carbocycles. The van der Waals surface area contributed by atoms with Crippen molar-refractivity contribution in [1.29, 1.82) is 0 Å². The smallest absolute Gasteiger partial charge is 0.410 e. The third-order valence-electron chi connectivity index (χ3n) is 3.70. The maximum absolute atomic E-state index is 11.7. The van der Waals surface area contributed by atoms with Crippen LogP contribution in [0.5, 0.6) is 0 Å². The average molecular weight is 209 g/mol. The van der Waals surface area contributed by atoms with Gasteiger partial charge >= 0.3 is 6.09 Å². The van der Waals surface area contributed by atoms with Crippen LogP contribution in [0, 0.1) is 0 Å². The molecular formula is C12H19NO2. The van der Waals surface area contributed by atoms with Crippen LogP contribution < -0.4 is 0 Å². The molecule has 0 atom stereocenters. The highest BCUT2D eigenvalue weighted by molar-refractivity contribution is 5.69. The normalized spacial score (nSPS) is 24.2. The fourth-order valence-electron chi connectivity index (χ4n) is 2.85. The Morgan fingerprint density at radius 2 is 2.00 bits per heavy atom. The molecule has 0 bridgehead atoms. The van der Waals surface area contributed by atoms with Crippen molar-refractivity contribution in [3.8, 4) is 0 Å². The Morgan fingerprint density at radius 3 is 2.67 bits per heavy atom. The summed E-state index contributed by atoms with van der Waals surface area (Å²) in [5, 5.41) is 0. The third kappa shape index (κ3) is 1.87. The SMILES string of the molecule is COC(=O)N1CC=CCC12CCCCC2. The predicted molar refractivity (Wildman–Crippen MR) is 58.7 cm³/mol. The standard InChI is InChI=1S/C12H19NO2/c1-15-11(14)13-10-6-5-9-12(13)7-3-2-4-8-12/h5-6H,2-4,7-10H2,1H3. The van der Waals surface area contributed by atoms with Crippen molar-refractivity contribution in [1.82, 2.24) is 4.90 Å². The van der Waals surface area contributed by atoms with E-state index in [4.69, 9.17) is 4.74 Å². The van der Waals surface area contributed by atoms with Gasteiger partial charge in [-0.25, -0.2) is 4.79 Å². The lowest BCUT2D eigenvalue weighted by Crippen LogP contribution is -2.54. The second-order valence-electron chi connectivity index (χ2n) is 4.54. The van der Waals surface area contributed by atoms with Gasteiger partial charge in [-0.1, -0.05) is 31.4 Å². The molecule has 1 fully saturated rings. The van der Waals surface area contributed by atoms with Crippen molar-refractivity contribution < 1.29 is 9.53 Å². The summed E-state index contributed by atoms with van der Waals surface area (Å²) in [7, 11) is 1.47. The molecule has 0 N–H and O–H groups in total.